The molecule has 14 heavy (non-hydrogen) atoms. The first-order valence-electron chi connectivity index (χ1n) is 4.23. The van der Waals surface area contributed by atoms with Gasteiger partial charge in [0.15, 0.2) is 11.6 Å². The second-order valence-corrected chi connectivity index (χ2v) is 3.92. The summed E-state index contributed by atoms with van der Waals surface area (Å²) in [5.74, 6) is -0.287. The highest BCUT2D eigenvalue weighted by molar-refractivity contribution is 7.12. The van der Waals surface area contributed by atoms with Crippen LogP contribution in [0.4, 0.5) is 0 Å². The minimum absolute atomic E-state index is 0.0101. The molecule has 1 aromatic rings. The van der Waals surface area contributed by atoms with Gasteiger partial charge in [-0.15, -0.1) is 11.3 Å². The van der Waals surface area contributed by atoms with Crippen molar-refractivity contribution >= 4 is 22.9 Å². The van der Waals surface area contributed by atoms with Crippen LogP contribution in [0.3, 0.4) is 0 Å². The summed E-state index contributed by atoms with van der Waals surface area (Å²) in [7, 11) is 1.44. The van der Waals surface area contributed by atoms with Crippen molar-refractivity contribution in [3.8, 4) is 0 Å². The monoisotopic (exact) mass is 212 g/mol. The predicted molar refractivity (Wildman–Crippen MR) is 54.9 cm³/mol. The van der Waals surface area contributed by atoms with E-state index in [0.29, 0.717) is 4.88 Å². The van der Waals surface area contributed by atoms with E-state index in [2.05, 4.69) is 4.74 Å². The number of ketones is 2. The molecule has 4 heteroatoms. The molecule has 0 amide bonds. The van der Waals surface area contributed by atoms with Gasteiger partial charge in [-0.3, -0.25) is 9.59 Å². The Hall–Kier alpha value is -1.00. The topological polar surface area (TPSA) is 43.4 Å². The molecule has 0 atom stereocenters. The molecule has 0 bridgehead atoms. The molecular formula is C10H12O3S. The summed E-state index contributed by atoms with van der Waals surface area (Å²) >= 11 is 1.38. The standard InChI is InChI=1S/C10H12O3S/c1-7-3-4-14-10(7)9(12)5-8(11)6-13-2/h3-4H,5-6H2,1-2H3. The summed E-state index contributed by atoms with van der Waals surface area (Å²) in [4.78, 5) is 23.3. The van der Waals surface area contributed by atoms with E-state index in [1.165, 1.54) is 18.4 Å². The van der Waals surface area contributed by atoms with E-state index in [4.69, 9.17) is 0 Å². The maximum absolute atomic E-state index is 11.5. The van der Waals surface area contributed by atoms with Gasteiger partial charge in [0, 0.05) is 7.11 Å². The quantitative estimate of drug-likeness (QED) is 0.552. The first-order chi connectivity index (χ1) is 6.65. The number of rotatable bonds is 5. The first-order valence-corrected chi connectivity index (χ1v) is 5.11. The molecule has 0 radical (unpaired) electrons. The fourth-order valence-electron chi connectivity index (χ4n) is 1.13. The van der Waals surface area contributed by atoms with Crippen LogP contribution in [0.5, 0.6) is 0 Å². The lowest BCUT2D eigenvalue weighted by Crippen LogP contribution is -2.12. The zero-order valence-electron chi connectivity index (χ0n) is 8.20. The van der Waals surface area contributed by atoms with Gasteiger partial charge in [-0.25, -0.2) is 0 Å². The minimum Gasteiger partial charge on any atom is -0.377 e. The molecular weight excluding hydrogens is 200 g/mol. The van der Waals surface area contributed by atoms with E-state index in [-0.39, 0.29) is 24.6 Å². The van der Waals surface area contributed by atoms with Gasteiger partial charge in [0.25, 0.3) is 0 Å². The van der Waals surface area contributed by atoms with Crippen molar-refractivity contribution in [2.45, 2.75) is 13.3 Å². The highest BCUT2D eigenvalue weighted by atomic mass is 32.1. The Morgan fingerprint density at radius 1 is 1.50 bits per heavy atom. The van der Waals surface area contributed by atoms with E-state index in [1.807, 2.05) is 18.4 Å². The van der Waals surface area contributed by atoms with Crippen molar-refractivity contribution in [3.05, 3.63) is 21.9 Å². The Bertz CT molecular complexity index is 341. The summed E-state index contributed by atoms with van der Waals surface area (Å²) in [6, 6.07) is 1.87. The van der Waals surface area contributed by atoms with Crippen LogP contribution in [-0.4, -0.2) is 25.3 Å². The van der Waals surface area contributed by atoms with Crippen molar-refractivity contribution in [3.63, 3.8) is 0 Å². The molecule has 0 saturated carbocycles. The number of carbonyl (C=O) groups is 2. The fraction of sp³-hybridized carbons (Fsp3) is 0.400. The largest absolute Gasteiger partial charge is 0.377 e. The maximum atomic E-state index is 11.5. The number of Topliss-reactive ketones (excluding diaryl/α,β-unsaturated/α-hetero) is 2. The average Bonchev–Trinajstić information content (AvgIpc) is 2.51. The molecule has 0 N–H and O–H groups in total. The van der Waals surface area contributed by atoms with Gasteiger partial charge in [0.1, 0.15) is 6.61 Å². The number of aryl methyl sites for hydroxylation is 1. The van der Waals surface area contributed by atoms with Crippen LogP contribution in [0.15, 0.2) is 11.4 Å². The Balaban J connectivity index is 2.59. The Labute approximate surface area is 86.7 Å². The maximum Gasteiger partial charge on any atom is 0.180 e. The third kappa shape index (κ3) is 2.75. The number of hydrogen-bond acceptors (Lipinski definition) is 4. The van der Waals surface area contributed by atoms with Gasteiger partial charge in [-0.05, 0) is 23.9 Å². The van der Waals surface area contributed by atoms with E-state index >= 15 is 0 Å². The van der Waals surface area contributed by atoms with Crippen LogP contribution in [0.1, 0.15) is 21.7 Å². The highest BCUT2D eigenvalue weighted by Gasteiger charge is 2.14. The van der Waals surface area contributed by atoms with Gasteiger partial charge in [0.05, 0.1) is 11.3 Å². The lowest BCUT2D eigenvalue weighted by atomic mass is 10.1. The number of ether oxygens (including phenoxy) is 1. The average molecular weight is 212 g/mol. The normalized spacial score (nSPS) is 10.1. The molecule has 0 fully saturated rings. The van der Waals surface area contributed by atoms with Gasteiger partial charge < -0.3 is 4.74 Å². The number of carbonyl (C=O) groups excluding carboxylic acids is 2. The molecule has 0 unspecified atom stereocenters. The Kier molecular flexibility index (Phi) is 3.98. The summed E-state index contributed by atoms with van der Waals surface area (Å²) < 4.78 is 4.65. The molecule has 0 saturated heterocycles. The smallest absolute Gasteiger partial charge is 0.180 e. The van der Waals surface area contributed by atoms with Crippen molar-refractivity contribution in [2.75, 3.05) is 13.7 Å². The van der Waals surface area contributed by atoms with E-state index in [0.717, 1.165) is 5.56 Å². The third-order valence-electron chi connectivity index (χ3n) is 1.78. The summed E-state index contributed by atoms with van der Waals surface area (Å²) in [6.07, 6.45) is -0.0603. The predicted octanol–water partition coefficient (Wildman–Crippen LogP) is 1.84. The molecule has 0 aromatic carbocycles. The van der Waals surface area contributed by atoms with Crippen LogP contribution < -0.4 is 0 Å². The third-order valence-corrected chi connectivity index (χ3v) is 2.84. The second kappa shape index (κ2) is 5.02. The van der Waals surface area contributed by atoms with Gasteiger partial charge in [-0.1, -0.05) is 0 Å². The summed E-state index contributed by atoms with van der Waals surface area (Å²) in [5.41, 5.74) is 0.935. The van der Waals surface area contributed by atoms with Crippen LogP contribution in [0, 0.1) is 6.92 Å². The fourth-order valence-corrected chi connectivity index (χ4v) is 2.00. The molecule has 1 rings (SSSR count). The van der Waals surface area contributed by atoms with Crippen LogP contribution in [-0.2, 0) is 9.53 Å². The Morgan fingerprint density at radius 3 is 2.71 bits per heavy atom. The van der Waals surface area contributed by atoms with Crippen molar-refractivity contribution in [1.82, 2.24) is 0 Å². The molecule has 0 spiro atoms. The van der Waals surface area contributed by atoms with Crippen LogP contribution in [0.2, 0.25) is 0 Å². The van der Waals surface area contributed by atoms with E-state index in [1.54, 1.807) is 0 Å². The molecule has 3 nitrogen and oxygen atoms in total. The molecule has 1 heterocycles. The molecule has 0 aliphatic carbocycles. The number of thiophene rings is 1. The van der Waals surface area contributed by atoms with Crippen LogP contribution >= 0.6 is 11.3 Å². The molecule has 0 aliphatic rings. The SMILES string of the molecule is COCC(=O)CC(=O)c1sccc1C. The number of hydrogen-bond donors (Lipinski definition) is 0. The van der Waals surface area contributed by atoms with Gasteiger partial charge >= 0.3 is 0 Å². The zero-order chi connectivity index (χ0) is 10.6. The molecule has 76 valence electrons. The lowest BCUT2D eigenvalue weighted by Gasteiger charge is -1.98. The van der Waals surface area contributed by atoms with Crippen molar-refractivity contribution < 1.29 is 14.3 Å². The van der Waals surface area contributed by atoms with E-state index in [9.17, 15) is 9.59 Å². The summed E-state index contributed by atoms with van der Waals surface area (Å²) in [6.45, 7) is 1.88. The zero-order valence-corrected chi connectivity index (χ0v) is 9.02. The second-order valence-electron chi connectivity index (χ2n) is 3.00. The molecule has 1 aromatic heterocycles. The Morgan fingerprint density at radius 2 is 2.21 bits per heavy atom. The first kappa shape index (κ1) is 11.1. The summed E-state index contributed by atoms with van der Waals surface area (Å²) in [5, 5.41) is 1.85. The highest BCUT2D eigenvalue weighted by Crippen LogP contribution is 2.17. The van der Waals surface area contributed by atoms with Crippen LogP contribution in [0.25, 0.3) is 0 Å². The van der Waals surface area contributed by atoms with E-state index < -0.39 is 0 Å². The van der Waals surface area contributed by atoms with Crippen molar-refractivity contribution in [1.29, 1.82) is 0 Å². The lowest BCUT2D eigenvalue weighted by molar-refractivity contribution is -0.121. The van der Waals surface area contributed by atoms with Gasteiger partial charge in [0.2, 0.25) is 0 Å². The molecule has 0 aliphatic heterocycles. The van der Waals surface area contributed by atoms with Gasteiger partial charge in [-0.2, -0.15) is 0 Å². The van der Waals surface area contributed by atoms with Crippen molar-refractivity contribution in [2.24, 2.45) is 0 Å². The minimum atomic E-state index is -0.176. The number of methoxy groups -OCH3 is 1.